The average molecular weight is 287 g/mol. The van der Waals surface area contributed by atoms with E-state index in [2.05, 4.69) is 10.3 Å². The summed E-state index contributed by atoms with van der Waals surface area (Å²) in [5.74, 6) is 0.365. The van der Waals surface area contributed by atoms with Crippen molar-refractivity contribution in [1.82, 2.24) is 10.3 Å². The van der Waals surface area contributed by atoms with E-state index >= 15 is 0 Å². The van der Waals surface area contributed by atoms with Gasteiger partial charge in [0.05, 0.1) is 12.6 Å². The molecule has 1 aromatic heterocycles. The van der Waals surface area contributed by atoms with Gasteiger partial charge in [0.1, 0.15) is 11.3 Å². The van der Waals surface area contributed by atoms with Gasteiger partial charge in [-0.1, -0.05) is 32.0 Å². The van der Waals surface area contributed by atoms with Gasteiger partial charge < -0.3 is 15.8 Å². The fraction of sp³-hybridized carbons (Fsp3) is 0.375. The number of primary amides is 1. The van der Waals surface area contributed by atoms with Crippen LogP contribution < -0.4 is 15.8 Å². The smallest absolute Gasteiger partial charge is 0.234 e. The number of aromatic nitrogens is 1. The lowest BCUT2D eigenvalue weighted by Crippen LogP contribution is -2.45. The Bertz CT molecular complexity index is 608. The van der Waals surface area contributed by atoms with Crippen molar-refractivity contribution in [2.75, 3.05) is 6.61 Å². The molecule has 0 saturated heterocycles. The molecule has 2 rings (SSSR count). The molecule has 0 aliphatic heterocycles. The molecule has 0 aliphatic carbocycles. The second kappa shape index (κ2) is 7.04. The van der Waals surface area contributed by atoms with Gasteiger partial charge in [0.25, 0.3) is 0 Å². The Balaban J connectivity index is 2.00. The number of pyridine rings is 1. The number of fused-ring (bicyclic) bond motifs is 1. The molecule has 0 aliphatic rings. The van der Waals surface area contributed by atoms with Crippen molar-refractivity contribution in [3.05, 3.63) is 36.5 Å². The maximum absolute atomic E-state index is 11.4. The van der Waals surface area contributed by atoms with Crippen molar-refractivity contribution >= 4 is 16.8 Å². The van der Waals surface area contributed by atoms with Gasteiger partial charge in [0.15, 0.2) is 0 Å². The molecular weight excluding hydrogens is 266 g/mol. The van der Waals surface area contributed by atoms with Crippen LogP contribution in [0.25, 0.3) is 10.9 Å². The molecule has 1 unspecified atom stereocenters. The van der Waals surface area contributed by atoms with Crippen molar-refractivity contribution < 1.29 is 9.53 Å². The molecule has 0 radical (unpaired) electrons. The van der Waals surface area contributed by atoms with Gasteiger partial charge in [-0.15, -0.1) is 0 Å². The summed E-state index contributed by atoms with van der Waals surface area (Å²) in [6, 6.07) is 9.49. The maximum atomic E-state index is 11.4. The third-order valence-corrected chi connectivity index (χ3v) is 3.14. The molecule has 2 aromatic rings. The molecular formula is C16H21N3O2. The quantitative estimate of drug-likeness (QED) is 0.815. The molecule has 0 bridgehead atoms. The SMILES string of the molecule is CC(C)NC(CCOc1cccc2cccnc12)C(N)=O. The summed E-state index contributed by atoms with van der Waals surface area (Å²) in [4.78, 5) is 15.7. The largest absolute Gasteiger partial charge is 0.491 e. The van der Waals surface area contributed by atoms with Crippen molar-refractivity contribution in [3.8, 4) is 5.75 Å². The first-order valence-corrected chi connectivity index (χ1v) is 7.10. The van der Waals surface area contributed by atoms with E-state index in [1.165, 1.54) is 0 Å². The summed E-state index contributed by atoms with van der Waals surface area (Å²) in [5.41, 5.74) is 6.21. The molecule has 0 saturated carbocycles. The van der Waals surface area contributed by atoms with Gasteiger partial charge in [0, 0.05) is 24.0 Å². The lowest BCUT2D eigenvalue weighted by Gasteiger charge is -2.18. The molecule has 1 atom stereocenters. The standard InChI is InChI=1S/C16H21N3O2/c1-11(2)19-13(16(17)20)8-10-21-14-7-3-5-12-6-4-9-18-15(12)14/h3-7,9,11,13,19H,8,10H2,1-2H3,(H2,17,20). The second-order valence-electron chi connectivity index (χ2n) is 5.24. The minimum atomic E-state index is -0.382. The van der Waals surface area contributed by atoms with Crippen LogP contribution in [0, 0.1) is 0 Å². The molecule has 1 heterocycles. The van der Waals surface area contributed by atoms with E-state index in [9.17, 15) is 4.79 Å². The van der Waals surface area contributed by atoms with Crippen LogP contribution >= 0.6 is 0 Å². The first-order valence-electron chi connectivity index (χ1n) is 7.10. The van der Waals surface area contributed by atoms with Crippen LogP contribution in [0.1, 0.15) is 20.3 Å². The van der Waals surface area contributed by atoms with E-state index in [1.54, 1.807) is 6.20 Å². The van der Waals surface area contributed by atoms with Gasteiger partial charge in [0.2, 0.25) is 5.91 Å². The summed E-state index contributed by atoms with van der Waals surface area (Å²) in [6.45, 7) is 4.36. The Morgan fingerprint density at radius 2 is 2.10 bits per heavy atom. The summed E-state index contributed by atoms with van der Waals surface area (Å²) >= 11 is 0. The lowest BCUT2D eigenvalue weighted by atomic mass is 10.2. The number of nitrogens with one attached hydrogen (secondary N) is 1. The zero-order chi connectivity index (χ0) is 15.2. The molecule has 21 heavy (non-hydrogen) atoms. The molecule has 1 aromatic carbocycles. The van der Waals surface area contributed by atoms with Crippen molar-refractivity contribution in [1.29, 1.82) is 0 Å². The molecule has 0 spiro atoms. The number of nitrogens with zero attached hydrogens (tertiary/aromatic N) is 1. The third kappa shape index (κ3) is 4.16. The number of carbonyl (C=O) groups is 1. The first-order chi connectivity index (χ1) is 10.1. The highest BCUT2D eigenvalue weighted by atomic mass is 16.5. The number of benzene rings is 1. The van der Waals surface area contributed by atoms with Gasteiger partial charge >= 0.3 is 0 Å². The number of hydrogen-bond acceptors (Lipinski definition) is 4. The predicted molar refractivity (Wildman–Crippen MR) is 83.1 cm³/mol. The van der Waals surface area contributed by atoms with Crippen molar-refractivity contribution in [2.24, 2.45) is 5.73 Å². The van der Waals surface area contributed by atoms with E-state index in [1.807, 2.05) is 44.2 Å². The summed E-state index contributed by atoms with van der Waals surface area (Å²) in [7, 11) is 0. The number of para-hydroxylation sites is 1. The minimum absolute atomic E-state index is 0.196. The first kappa shape index (κ1) is 15.3. The summed E-state index contributed by atoms with van der Waals surface area (Å²) < 4.78 is 5.77. The van der Waals surface area contributed by atoms with Crippen LogP contribution in [0.15, 0.2) is 36.5 Å². The zero-order valence-corrected chi connectivity index (χ0v) is 12.4. The minimum Gasteiger partial charge on any atom is -0.491 e. The zero-order valence-electron chi connectivity index (χ0n) is 12.4. The van der Waals surface area contributed by atoms with Crippen molar-refractivity contribution in [3.63, 3.8) is 0 Å². The molecule has 3 N–H and O–H groups in total. The molecule has 112 valence electrons. The summed E-state index contributed by atoms with van der Waals surface area (Å²) in [5, 5.41) is 4.16. The normalized spacial score (nSPS) is 12.5. The van der Waals surface area contributed by atoms with Gasteiger partial charge in [-0.3, -0.25) is 9.78 Å². The van der Waals surface area contributed by atoms with Crippen LogP contribution in [0.5, 0.6) is 5.75 Å². The van der Waals surface area contributed by atoms with Crippen molar-refractivity contribution in [2.45, 2.75) is 32.4 Å². The number of amides is 1. The van der Waals surface area contributed by atoms with Crippen LogP contribution in [0.2, 0.25) is 0 Å². The fourth-order valence-electron chi connectivity index (χ4n) is 2.19. The van der Waals surface area contributed by atoms with E-state index < -0.39 is 0 Å². The molecule has 1 amide bonds. The highest BCUT2D eigenvalue weighted by Gasteiger charge is 2.16. The van der Waals surface area contributed by atoms with E-state index in [-0.39, 0.29) is 18.0 Å². The fourth-order valence-corrected chi connectivity index (χ4v) is 2.19. The number of nitrogens with two attached hydrogens (primary N) is 1. The third-order valence-electron chi connectivity index (χ3n) is 3.14. The lowest BCUT2D eigenvalue weighted by molar-refractivity contribution is -0.120. The van der Waals surface area contributed by atoms with Gasteiger partial charge in [-0.25, -0.2) is 0 Å². The van der Waals surface area contributed by atoms with Crippen LogP contribution in [0.4, 0.5) is 0 Å². The maximum Gasteiger partial charge on any atom is 0.234 e. The Hall–Kier alpha value is -2.14. The van der Waals surface area contributed by atoms with Crippen LogP contribution in [-0.4, -0.2) is 29.6 Å². The van der Waals surface area contributed by atoms with Gasteiger partial charge in [-0.2, -0.15) is 0 Å². The second-order valence-corrected chi connectivity index (χ2v) is 5.24. The Labute approximate surface area is 124 Å². The number of hydrogen-bond donors (Lipinski definition) is 2. The van der Waals surface area contributed by atoms with E-state index in [0.29, 0.717) is 13.0 Å². The molecule has 5 nitrogen and oxygen atoms in total. The Morgan fingerprint density at radius 3 is 2.81 bits per heavy atom. The van der Waals surface area contributed by atoms with Crippen LogP contribution in [0.3, 0.4) is 0 Å². The molecule has 5 heteroatoms. The number of ether oxygens (including phenoxy) is 1. The topological polar surface area (TPSA) is 77.2 Å². The summed E-state index contributed by atoms with van der Waals surface area (Å²) in [6.07, 6.45) is 2.26. The Morgan fingerprint density at radius 1 is 1.33 bits per heavy atom. The highest BCUT2D eigenvalue weighted by molar-refractivity contribution is 5.84. The monoisotopic (exact) mass is 287 g/mol. The molecule has 0 fully saturated rings. The number of rotatable bonds is 7. The Kier molecular flexibility index (Phi) is 5.11. The van der Waals surface area contributed by atoms with E-state index in [0.717, 1.165) is 16.7 Å². The van der Waals surface area contributed by atoms with E-state index in [4.69, 9.17) is 10.5 Å². The number of carbonyl (C=O) groups excluding carboxylic acids is 1. The van der Waals surface area contributed by atoms with Gasteiger partial charge in [-0.05, 0) is 12.1 Å². The average Bonchev–Trinajstić information content (AvgIpc) is 2.46. The van der Waals surface area contributed by atoms with Crippen LogP contribution in [-0.2, 0) is 4.79 Å². The predicted octanol–water partition coefficient (Wildman–Crippen LogP) is 1.86. The highest BCUT2D eigenvalue weighted by Crippen LogP contribution is 2.23.